The number of amides is 1. The van der Waals surface area contributed by atoms with E-state index in [0.29, 0.717) is 29.5 Å². The van der Waals surface area contributed by atoms with Crippen molar-refractivity contribution in [3.05, 3.63) is 71.6 Å². The van der Waals surface area contributed by atoms with Gasteiger partial charge in [0.05, 0.1) is 5.25 Å². The second-order valence-corrected chi connectivity index (χ2v) is 8.04. The second kappa shape index (κ2) is 10.8. The van der Waals surface area contributed by atoms with Gasteiger partial charge in [0.2, 0.25) is 5.89 Å². The summed E-state index contributed by atoms with van der Waals surface area (Å²) >= 11 is 0.959. The lowest BCUT2D eigenvalue weighted by Gasteiger charge is -2.12. The van der Waals surface area contributed by atoms with Crippen LogP contribution < -0.4 is 10.1 Å². The summed E-state index contributed by atoms with van der Waals surface area (Å²) in [5.41, 5.74) is 2.18. The Kier molecular flexibility index (Phi) is 7.86. The van der Waals surface area contributed by atoms with Crippen molar-refractivity contribution in [3.8, 4) is 17.2 Å². The Labute approximate surface area is 184 Å². The minimum Gasteiger partial charge on any atom is -0.490 e. The number of thioether (sulfide) groups is 1. The van der Waals surface area contributed by atoms with E-state index in [0.717, 1.165) is 29.2 Å². The fourth-order valence-electron chi connectivity index (χ4n) is 2.94. The molecule has 31 heavy (non-hydrogen) atoms. The zero-order valence-corrected chi connectivity index (χ0v) is 18.1. The van der Waals surface area contributed by atoms with Gasteiger partial charge in [-0.15, -0.1) is 0 Å². The first kappa shape index (κ1) is 22.6. The van der Waals surface area contributed by atoms with Crippen molar-refractivity contribution < 1.29 is 23.8 Å². The molecule has 0 aliphatic heterocycles. The molecule has 2 aromatic carbocycles. The van der Waals surface area contributed by atoms with Crippen molar-refractivity contribution in [2.45, 2.75) is 24.7 Å². The van der Waals surface area contributed by atoms with Crippen molar-refractivity contribution in [2.24, 2.45) is 0 Å². The first-order valence-corrected chi connectivity index (χ1v) is 10.6. The zero-order chi connectivity index (χ0) is 22.2. The van der Waals surface area contributed by atoms with Crippen LogP contribution >= 0.6 is 11.8 Å². The number of rotatable bonds is 9. The molecule has 0 aliphatic carbocycles. The maximum atomic E-state index is 11.4. The van der Waals surface area contributed by atoms with Gasteiger partial charge in [-0.25, -0.2) is 4.98 Å². The van der Waals surface area contributed by atoms with Gasteiger partial charge in [-0.3, -0.25) is 4.79 Å². The molecule has 0 radical (unpaired) electrons. The molecule has 2 unspecified atom stereocenters. The fourth-order valence-corrected chi connectivity index (χ4v) is 3.67. The maximum Gasteiger partial charge on any atom is 0.279 e. The maximum absolute atomic E-state index is 11.4. The highest BCUT2D eigenvalue weighted by molar-refractivity contribution is 8.14. The number of hydrogen-bond donors (Lipinski definition) is 2. The Bertz CT molecular complexity index is 1000. The van der Waals surface area contributed by atoms with E-state index in [-0.39, 0.29) is 11.8 Å². The summed E-state index contributed by atoms with van der Waals surface area (Å²) in [7, 11) is 1.53. The number of carbonyl (C=O) groups is 2. The SMILES string of the molecule is CNC(=O)SC(C=O)Cc1ccc(OCC(O)c2nc(-c3ccccc3)oc2C)cc1. The van der Waals surface area contributed by atoms with Crippen LogP contribution in [0.1, 0.15) is 23.1 Å². The number of aryl methyl sites for hydroxylation is 1. The van der Waals surface area contributed by atoms with Gasteiger partial charge in [-0.1, -0.05) is 42.1 Å². The summed E-state index contributed by atoms with van der Waals surface area (Å²) in [5, 5.41) is 12.3. The van der Waals surface area contributed by atoms with Crippen molar-refractivity contribution in [1.29, 1.82) is 0 Å². The molecule has 0 fully saturated rings. The molecule has 7 nitrogen and oxygen atoms in total. The molecule has 3 rings (SSSR count). The summed E-state index contributed by atoms with van der Waals surface area (Å²) < 4.78 is 11.4. The molecule has 0 bridgehead atoms. The van der Waals surface area contributed by atoms with Crippen LogP contribution in [0, 0.1) is 6.92 Å². The number of aldehydes is 1. The average molecular weight is 441 g/mol. The van der Waals surface area contributed by atoms with E-state index in [4.69, 9.17) is 9.15 Å². The summed E-state index contributed by atoms with van der Waals surface area (Å²) in [6, 6.07) is 16.7. The van der Waals surface area contributed by atoms with E-state index in [2.05, 4.69) is 10.3 Å². The lowest BCUT2D eigenvalue weighted by atomic mass is 10.1. The number of aliphatic hydroxyl groups is 1. The lowest BCUT2D eigenvalue weighted by molar-refractivity contribution is -0.107. The summed E-state index contributed by atoms with van der Waals surface area (Å²) in [5.74, 6) is 1.57. The van der Waals surface area contributed by atoms with Crippen molar-refractivity contribution in [3.63, 3.8) is 0 Å². The Morgan fingerprint density at radius 1 is 1.23 bits per heavy atom. The Hall–Kier alpha value is -3.10. The third-order valence-electron chi connectivity index (χ3n) is 4.55. The molecule has 1 amide bonds. The highest BCUT2D eigenvalue weighted by Crippen LogP contribution is 2.26. The largest absolute Gasteiger partial charge is 0.490 e. The van der Waals surface area contributed by atoms with E-state index >= 15 is 0 Å². The second-order valence-electron chi connectivity index (χ2n) is 6.83. The van der Waals surface area contributed by atoms with Crippen LogP contribution in [0.15, 0.2) is 59.0 Å². The quantitative estimate of drug-likeness (QED) is 0.486. The molecule has 2 atom stereocenters. The third kappa shape index (κ3) is 6.19. The van der Waals surface area contributed by atoms with Crippen molar-refractivity contribution >= 4 is 23.3 Å². The standard InChI is InChI=1S/C23H24N2O5S/c1-15-21(25-22(30-15)17-6-4-3-5-7-17)20(27)14-29-18-10-8-16(9-11-18)12-19(13-26)31-23(28)24-2/h3-11,13,19-20,27H,12,14H2,1-2H3,(H,24,28). The smallest absolute Gasteiger partial charge is 0.279 e. The van der Waals surface area contributed by atoms with E-state index < -0.39 is 11.4 Å². The summed E-state index contributed by atoms with van der Waals surface area (Å²) in [6.45, 7) is 1.78. The molecular formula is C23H24N2O5S. The minimum atomic E-state index is -0.940. The van der Waals surface area contributed by atoms with Gasteiger partial charge < -0.3 is 24.4 Å². The molecule has 2 N–H and O–H groups in total. The highest BCUT2D eigenvalue weighted by Gasteiger charge is 2.19. The van der Waals surface area contributed by atoms with Crippen LogP contribution in [0.25, 0.3) is 11.5 Å². The normalized spacial score (nSPS) is 12.7. The van der Waals surface area contributed by atoms with Gasteiger partial charge in [0.25, 0.3) is 5.24 Å². The van der Waals surface area contributed by atoms with Crippen LogP contribution in [0.4, 0.5) is 4.79 Å². The molecule has 0 spiro atoms. The van der Waals surface area contributed by atoms with Crippen molar-refractivity contribution in [2.75, 3.05) is 13.7 Å². The van der Waals surface area contributed by atoms with Gasteiger partial charge in [-0.05, 0) is 43.2 Å². The van der Waals surface area contributed by atoms with Crippen molar-refractivity contribution in [1.82, 2.24) is 10.3 Å². The predicted octanol–water partition coefficient (Wildman–Crippen LogP) is 3.95. The molecule has 8 heteroatoms. The summed E-state index contributed by atoms with van der Waals surface area (Å²) in [4.78, 5) is 27.0. The highest BCUT2D eigenvalue weighted by atomic mass is 32.2. The van der Waals surface area contributed by atoms with E-state index in [1.807, 2.05) is 42.5 Å². The van der Waals surface area contributed by atoms with Crippen LogP contribution in [0.3, 0.4) is 0 Å². The molecule has 162 valence electrons. The van der Waals surface area contributed by atoms with Gasteiger partial charge in [0, 0.05) is 12.6 Å². The molecule has 1 heterocycles. The molecule has 3 aromatic rings. The lowest BCUT2D eigenvalue weighted by Crippen LogP contribution is -2.19. The van der Waals surface area contributed by atoms with Gasteiger partial charge in [-0.2, -0.15) is 0 Å². The topological polar surface area (TPSA) is 102 Å². The number of nitrogens with zero attached hydrogens (tertiary/aromatic N) is 1. The number of oxazole rings is 1. The number of aromatic nitrogens is 1. The Morgan fingerprint density at radius 3 is 2.58 bits per heavy atom. The third-order valence-corrected chi connectivity index (χ3v) is 5.55. The van der Waals surface area contributed by atoms with E-state index in [1.54, 1.807) is 19.1 Å². The van der Waals surface area contributed by atoms with Crippen LogP contribution in [-0.2, 0) is 11.2 Å². The van der Waals surface area contributed by atoms with E-state index in [9.17, 15) is 14.7 Å². The molecule has 0 saturated carbocycles. The zero-order valence-electron chi connectivity index (χ0n) is 17.3. The number of nitrogens with one attached hydrogen (secondary N) is 1. The Morgan fingerprint density at radius 2 is 1.94 bits per heavy atom. The van der Waals surface area contributed by atoms with Crippen LogP contribution in [-0.4, -0.2) is 40.5 Å². The van der Waals surface area contributed by atoms with Gasteiger partial charge in [0.1, 0.15) is 36.2 Å². The number of ether oxygens (including phenoxy) is 1. The minimum absolute atomic E-state index is 0.0183. The monoisotopic (exact) mass is 440 g/mol. The molecule has 1 aromatic heterocycles. The van der Waals surface area contributed by atoms with E-state index in [1.165, 1.54) is 7.05 Å². The number of carbonyl (C=O) groups excluding carboxylic acids is 2. The number of aliphatic hydroxyl groups excluding tert-OH is 1. The fraction of sp³-hybridized carbons (Fsp3) is 0.261. The number of benzene rings is 2. The first-order chi connectivity index (χ1) is 15.0. The van der Waals surface area contributed by atoms with Gasteiger partial charge in [0.15, 0.2) is 0 Å². The molecule has 0 saturated heterocycles. The predicted molar refractivity (Wildman–Crippen MR) is 119 cm³/mol. The van der Waals surface area contributed by atoms with Gasteiger partial charge >= 0.3 is 0 Å². The average Bonchev–Trinajstić information content (AvgIpc) is 3.20. The molecular weight excluding hydrogens is 416 g/mol. The number of hydrogen-bond acceptors (Lipinski definition) is 7. The van der Waals surface area contributed by atoms with Crippen LogP contribution in [0.5, 0.6) is 5.75 Å². The Balaban J connectivity index is 1.57. The first-order valence-electron chi connectivity index (χ1n) is 9.76. The summed E-state index contributed by atoms with van der Waals surface area (Å²) in [6.07, 6.45) is 0.263. The molecule has 0 aliphatic rings. The van der Waals surface area contributed by atoms with Crippen LogP contribution in [0.2, 0.25) is 0 Å².